The van der Waals surface area contributed by atoms with Crippen LogP contribution in [0.4, 0.5) is 0 Å². The first-order valence-electron chi connectivity index (χ1n) is 7.91. The van der Waals surface area contributed by atoms with Gasteiger partial charge in [0.25, 0.3) is 0 Å². The summed E-state index contributed by atoms with van der Waals surface area (Å²) in [5.74, 6) is 1.69. The quantitative estimate of drug-likeness (QED) is 0.435. The minimum absolute atomic E-state index is 0.624. The molecule has 0 aromatic heterocycles. The zero-order chi connectivity index (χ0) is 14.8. The van der Waals surface area contributed by atoms with Crippen LogP contribution in [-0.4, -0.2) is 22.4 Å². The van der Waals surface area contributed by atoms with Gasteiger partial charge in [-0.25, -0.2) is 0 Å². The van der Waals surface area contributed by atoms with Crippen LogP contribution in [0.15, 0.2) is 0 Å². The van der Waals surface area contributed by atoms with Crippen molar-refractivity contribution in [3.63, 3.8) is 0 Å². The molecule has 0 radical (unpaired) electrons. The van der Waals surface area contributed by atoms with Crippen molar-refractivity contribution >= 4 is 17.2 Å². The van der Waals surface area contributed by atoms with E-state index in [-0.39, 0.29) is 0 Å². The second-order valence-electron chi connectivity index (χ2n) is 7.45. The van der Waals surface area contributed by atoms with Gasteiger partial charge in [0.2, 0.25) is 0 Å². The monoisotopic (exact) mass is 337 g/mol. The molecular formula is C16H35P2Ti. The van der Waals surface area contributed by atoms with Crippen LogP contribution >= 0.6 is 17.2 Å². The molecule has 1 aliphatic rings. The van der Waals surface area contributed by atoms with Crippen LogP contribution in [-0.2, 0) is 17.9 Å². The van der Waals surface area contributed by atoms with Gasteiger partial charge in [-0.1, -0.05) is 0 Å². The summed E-state index contributed by atoms with van der Waals surface area (Å²) >= 11 is -0.873. The van der Waals surface area contributed by atoms with Crippen LogP contribution in [0.2, 0.25) is 10.5 Å². The first-order chi connectivity index (χ1) is 8.74. The first kappa shape index (κ1) is 18.6. The number of hydrogen-bond acceptors (Lipinski definition) is 0. The van der Waals surface area contributed by atoms with Crippen LogP contribution < -0.4 is 0 Å². The Bertz CT molecular complexity index is 280. The molecule has 1 rings (SSSR count). The molecule has 113 valence electrons. The van der Waals surface area contributed by atoms with Crippen molar-refractivity contribution in [3.8, 4) is 0 Å². The molecule has 3 heteroatoms. The normalized spacial score (nSPS) is 32.2. The molecule has 0 bridgehead atoms. The molecule has 0 aromatic carbocycles. The van der Waals surface area contributed by atoms with Crippen molar-refractivity contribution in [1.82, 2.24) is 0 Å². The molecule has 0 heterocycles. The van der Waals surface area contributed by atoms with Gasteiger partial charge in [0, 0.05) is 0 Å². The summed E-state index contributed by atoms with van der Waals surface area (Å²) in [5, 5.41) is 5.28. The molecule has 0 aromatic rings. The van der Waals surface area contributed by atoms with E-state index in [2.05, 4.69) is 51.5 Å². The van der Waals surface area contributed by atoms with E-state index in [4.69, 9.17) is 0 Å². The third-order valence-electron chi connectivity index (χ3n) is 6.00. The summed E-state index contributed by atoms with van der Waals surface area (Å²) in [6.45, 7) is 14.9. The molecule has 0 spiro atoms. The summed E-state index contributed by atoms with van der Waals surface area (Å²) < 4.78 is 0.792. The van der Waals surface area contributed by atoms with Crippen molar-refractivity contribution in [1.29, 1.82) is 0 Å². The van der Waals surface area contributed by atoms with Gasteiger partial charge >= 0.3 is 132 Å². The van der Waals surface area contributed by atoms with E-state index in [1.807, 2.05) is 0 Å². The van der Waals surface area contributed by atoms with Crippen LogP contribution in [0.5, 0.6) is 0 Å². The van der Waals surface area contributed by atoms with E-state index in [0.29, 0.717) is 5.41 Å². The molecular weight excluding hydrogens is 302 g/mol. The molecule has 4 unspecified atom stereocenters. The predicted octanol–water partition coefficient (Wildman–Crippen LogP) is 5.86. The molecule has 4 atom stereocenters. The molecule has 0 N–H and O–H groups in total. The van der Waals surface area contributed by atoms with Crippen molar-refractivity contribution in [2.45, 2.75) is 66.5 Å². The van der Waals surface area contributed by atoms with Gasteiger partial charge in [0.15, 0.2) is 0 Å². The maximum atomic E-state index is 2.64. The van der Waals surface area contributed by atoms with Gasteiger partial charge in [-0.05, 0) is 0 Å². The summed E-state index contributed by atoms with van der Waals surface area (Å²) in [4.78, 5) is 0. The average Bonchev–Trinajstić information content (AvgIpc) is 2.37. The van der Waals surface area contributed by atoms with Crippen molar-refractivity contribution < 1.29 is 17.9 Å². The van der Waals surface area contributed by atoms with Crippen LogP contribution in [0.25, 0.3) is 0 Å². The van der Waals surface area contributed by atoms with Crippen molar-refractivity contribution in [2.75, 3.05) is 13.3 Å². The Hall–Kier alpha value is 1.57. The fourth-order valence-corrected chi connectivity index (χ4v) is 11.8. The maximum absolute atomic E-state index is 2.64. The van der Waals surface area contributed by atoms with E-state index >= 15 is 0 Å². The Morgan fingerprint density at radius 1 is 1.00 bits per heavy atom. The fraction of sp³-hybridized carbons (Fsp3) is 1.00. The Kier molecular flexibility index (Phi) is 7.08. The van der Waals surface area contributed by atoms with Gasteiger partial charge in [-0.3, -0.25) is 0 Å². The van der Waals surface area contributed by atoms with Crippen molar-refractivity contribution in [2.24, 2.45) is 17.3 Å². The van der Waals surface area contributed by atoms with E-state index in [1.54, 1.807) is 12.8 Å². The third kappa shape index (κ3) is 3.67. The molecule has 0 saturated heterocycles. The summed E-state index contributed by atoms with van der Waals surface area (Å²) in [6.07, 6.45) is 4.63. The molecule has 0 amide bonds. The van der Waals surface area contributed by atoms with Gasteiger partial charge in [0.05, 0.1) is 0 Å². The number of rotatable bonds is 5. The summed E-state index contributed by atoms with van der Waals surface area (Å²) in [5.41, 5.74) is 1.65. The third-order valence-corrected chi connectivity index (χ3v) is 15.4. The summed E-state index contributed by atoms with van der Waals surface area (Å²) in [7, 11) is 2.33. The van der Waals surface area contributed by atoms with Crippen molar-refractivity contribution in [3.05, 3.63) is 0 Å². The van der Waals surface area contributed by atoms with Gasteiger partial charge < -0.3 is 0 Å². The zero-order valence-electron chi connectivity index (χ0n) is 14.4. The van der Waals surface area contributed by atoms with E-state index < -0.39 is 17.9 Å². The molecule has 0 aliphatic heterocycles. The second kappa shape index (κ2) is 7.22. The average molecular weight is 337 g/mol. The molecule has 19 heavy (non-hydrogen) atoms. The van der Waals surface area contributed by atoms with E-state index in [1.165, 1.54) is 15.0 Å². The fourth-order valence-electron chi connectivity index (χ4n) is 4.23. The summed E-state index contributed by atoms with van der Waals surface area (Å²) in [6, 6.07) is 0. The SMILES string of the molecule is CPC1CC(C(C)C)(C(C)C)C[C](PC)([Ti]([CH3])[CH3])C1. The van der Waals surface area contributed by atoms with Crippen LogP contribution in [0.3, 0.4) is 0 Å². The van der Waals surface area contributed by atoms with Crippen LogP contribution in [0.1, 0.15) is 47.0 Å². The topological polar surface area (TPSA) is 0 Å². The number of hydrogen-bond donors (Lipinski definition) is 0. The Balaban J connectivity index is 3.19. The van der Waals surface area contributed by atoms with E-state index in [9.17, 15) is 0 Å². The predicted molar refractivity (Wildman–Crippen MR) is 92.7 cm³/mol. The van der Waals surface area contributed by atoms with Crippen LogP contribution in [0, 0.1) is 17.3 Å². The van der Waals surface area contributed by atoms with E-state index in [0.717, 1.165) is 29.5 Å². The molecule has 1 aliphatic carbocycles. The molecule has 1 fully saturated rings. The first-order valence-corrected chi connectivity index (χ1v) is 14.9. The molecule has 0 nitrogen and oxygen atoms in total. The molecule has 1 saturated carbocycles. The Labute approximate surface area is 132 Å². The van der Waals surface area contributed by atoms with Gasteiger partial charge in [0.1, 0.15) is 0 Å². The van der Waals surface area contributed by atoms with Gasteiger partial charge in [-0.2, -0.15) is 0 Å². The Morgan fingerprint density at radius 3 is 1.84 bits per heavy atom. The zero-order valence-corrected chi connectivity index (χ0v) is 17.9. The standard InChI is InChI=1S/C14H29P2.2CH3.Ti/c1-10(2)14(11(3)4)8-12(15-5)7-13(9-14)16-6;;;/h10-12,15-16H,7-9H2,1-6H3;2*1H3;. The second-order valence-corrected chi connectivity index (χ2v) is 15.7. The minimum atomic E-state index is -0.873. The van der Waals surface area contributed by atoms with Gasteiger partial charge in [-0.15, -0.1) is 0 Å². The Morgan fingerprint density at radius 2 is 1.53 bits per heavy atom.